The molecule has 1 aromatic carbocycles. The molecule has 0 aliphatic heterocycles. The number of methoxy groups -OCH3 is 1. The predicted octanol–water partition coefficient (Wildman–Crippen LogP) is 3.15. The van der Waals surface area contributed by atoms with E-state index in [9.17, 15) is 9.90 Å². The van der Waals surface area contributed by atoms with E-state index in [4.69, 9.17) is 4.74 Å². The van der Waals surface area contributed by atoms with Gasteiger partial charge in [0.15, 0.2) is 5.65 Å². The number of aromatic carboxylic acids is 1. The molecule has 1 N–H and O–H groups in total. The topological polar surface area (TPSA) is 77.2 Å². The zero-order valence-electron chi connectivity index (χ0n) is 13.6. The van der Waals surface area contributed by atoms with Gasteiger partial charge >= 0.3 is 5.97 Å². The molecule has 0 amide bonds. The molecule has 0 saturated heterocycles. The molecule has 0 radical (unpaired) electrons. The molecule has 0 spiro atoms. The molecule has 0 saturated carbocycles. The number of pyridine rings is 1. The first-order valence-electron chi connectivity index (χ1n) is 7.39. The zero-order valence-corrected chi connectivity index (χ0v) is 13.6. The molecule has 2 aromatic heterocycles. The number of hydrogen-bond acceptors (Lipinski definition) is 4. The molecule has 0 aliphatic carbocycles. The van der Waals surface area contributed by atoms with E-state index in [0.717, 1.165) is 11.3 Å². The first-order chi connectivity index (χ1) is 11.5. The maximum atomic E-state index is 11.6. The van der Waals surface area contributed by atoms with Gasteiger partial charge in [0.25, 0.3) is 0 Å². The molecule has 0 aliphatic rings. The summed E-state index contributed by atoms with van der Waals surface area (Å²) in [6, 6.07) is 9.13. The number of aromatic nitrogens is 3. The third-order valence-electron chi connectivity index (χ3n) is 3.78. The smallest absolute Gasteiger partial charge is 0.336 e. The molecular weight excluding hydrogens is 306 g/mol. The molecule has 0 fully saturated rings. The van der Waals surface area contributed by atoms with E-state index in [-0.39, 0.29) is 5.56 Å². The van der Waals surface area contributed by atoms with Crippen LogP contribution in [-0.4, -0.2) is 33.0 Å². The molecule has 122 valence electrons. The van der Waals surface area contributed by atoms with E-state index < -0.39 is 5.97 Å². The van der Waals surface area contributed by atoms with Crippen LogP contribution < -0.4 is 4.74 Å². The molecule has 0 bridgehead atoms. The van der Waals surface area contributed by atoms with E-state index >= 15 is 0 Å². The van der Waals surface area contributed by atoms with Crippen molar-refractivity contribution in [3.05, 3.63) is 52.8 Å². The Morgan fingerprint density at radius 2 is 1.96 bits per heavy atom. The maximum absolute atomic E-state index is 11.6. The van der Waals surface area contributed by atoms with Crippen molar-refractivity contribution in [2.75, 3.05) is 7.11 Å². The normalized spacial score (nSPS) is 11.3. The van der Waals surface area contributed by atoms with Crippen LogP contribution in [0.1, 0.15) is 27.3 Å². The second kappa shape index (κ2) is 6.16. The zero-order chi connectivity index (χ0) is 17.3. The van der Waals surface area contributed by atoms with Crippen molar-refractivity contribution in [2.24, 2.45) is 7.05 Å². The maximum Gasteiger partial charge on any atom is 0.336 e. The molecular formula is C18H17N3O3. The lowest BCUT2D eigenvalue weighted by Gasteiger charge is -2.02. The van der Waals surface area contributed by atoms with Crippen LogP contribution in [0.5, 0.6) is 5.75 Å². The second-order valence-corrected chi connectivity index (χ2v) is 5.41. The van der Waals surface area contributed by atoms with Gasteiger partial charge in [0.2, 0.25) is 0 Å². The molecule has 3 rings (SSSR count). The van der Waals surface area contributed by atoms with Gasteiger partial charge in [0, 0.05) is 7.05 Å². The summed E-state index contributed by atoms with van der Waals surface area (Å²) in [4.78, 5) is 16.1. The lowest BCUT2D eigenvalue weighted by atomic mass is 10.1. The largest absolute Gasteiger partial charge is 0.497 e. The fourth-order valence-electron chi connectivity index (χ4n) is 2.61. The number of rotatable bonds is 4. The summed E-state index contributed by atoms with van der Waals surface area (Å²) in [5.74, 6) is -0.206. The summed E-state index contributed by atoms with van der Waals surface area (Å²) < 4.78 is 6.73. The summed E-state index contributed by atoms with van der Waals surface area (Å²) in [6.45, 7) is 1.78. The van der Waals surface area contributed by atoms with Crippen LogP contribution in [0.3, 0.4) is 0 Å². The van der Waals surface area contributed by atoms with Crippen LogP contribution in [0.25, 0.3) is 23.2 Å². The number of fused-ring (bicyclic) bond motifs is 1. The fraction of sp³-hybridized carbons (Fsp3) is 0.167. The Kier molecular flexibility index (Phi) is 4.04. The SMILES string of the molecule is COc1ccc(/C=C/c2cc(C(=O)O)c3c(C)nn(C)c3n2)cc1. The van der Waals surface area contributed by atoms with Crippen LogP contribution in [0.15, 0.2) is 30.3 Å². The van der Waals surface area contributed by atoms with Gasteiger partial charge in [-0.1, -0.05) is 18.2 Å². The standard InChI is InChI=1S/C18H17N3O3/c1-11-16-15(18(22)23)10-13(19-17(16)21(2)20-11)7-4-12-5-8-14(24-3)9-6-12/h4-10H,1-3H3,(H,22,23)/b7-4+. The van der Waals surface area contributed by atoms with Crippen molar-refractivity contribution < 1.29 is 14.6 Å². The first-order valence-corrected chi connectivity index (χ1v) is 7.39. The lowest BCUT2D eigenvalue weighted by Crippen LogP contribution is -2.01. The fourth-order valence-corrected chi connectivity index (χ4v) is 2.61. The number of carboxylic acids is 1. The summed E-state index contributed by atoms with van der Waals surface area (Å²) in [5.41, 5.74) is 2.96. The minimum absolute atomic E-state index is 0.208. The van der Waals surface area contributed by atoms with Crippen molar-refractivity contribution in [1.29, 1.82) is 0 Å². The van der Waals surface area contributed by atoms with Crippen molar-refractivity contribution in [2.45, 2.75) is 6.92 Å². The number of carbonyl (C=O) groups is 1. The van der Waals surface area contributed by atoms with E-state index in [1.54, 1.807) is 37.9 Å². The van der Waals surface area contributed by atoms with Gasteiger partial charge in [-0.15, -0.1) is 0 Å². The Hall–Kier alpha value is -3.15. The van der Waals surface area contributed by atoms with Crippen LogP contribution in [0, 0.1) is 6.92 Å². The number of carboxylic acid groups (broad SMARTS) is 1. The van der Waals surface area contributed by atoms with E-state index in [0.29, 0.717) is 22.4 Å². The van der Waals surface area contributed by atoms with Gasteiger partial charge in [-0.25, -0.2) is 9.78 Å². The Labute approximate surface area is 139 Å². The van der Waals surface area contributed by atoms with E-state index in [2.05, 4.69) is 10.1 Å². The molecule has 2 heterocycles. The molecule has 24 heavy (non-hydrogen) atoms. The van der Waals surface area contributed by atoms with Crippen LogP contribution in [-0.2, 0) is 7.05 Å². The Morgan fingerprint density at radius 3 is 2.58 bits per heavy atom. The number of aryl methyl sites for hydroxylation is 2. The average molecular weight is 323 g/mol. The Bertz CT molecular complexity index is 940. The minimum Gasteiger partial charge on any atom is -0.497 e. The number of hydrogen-bond donors (Lipinski definition) is 1. The summed E-state index contributed by atoms with van der Waals surface area (Å²) in [5, 5.41) is 14.3. The number of ether oxygens (including phenoxy) is 1. The highest BCUT2D eigenvalue weighted by atomic mass is 16.5. The molecule has 6 nitrogen and oxygen atoms in total. The minimum atomic E-state index is -0.988. The highest BCUT2D eigenvalue weighted by molar-refractivity contribution is 6.03. The second-order valence-electron chi connectivity index (χ2n) is 5.41. The van der Waals surface area contributed by atoms with Gasteiger partial charge in [-0.2, -0.15) is 5.10 Å². The quantitative estimate of drug-likeness (QED) is 0.798. The monoisotopic (exact) mass is 323 g/mol. The van der Waals surface area contributed by atoms with E-state index in [1.165, 1.54) is 0 Å². The van der Waals surface area contributed by atoms with Crippen LogP contribution in [0.4, 0.5) is 0 Å². The van der Waals surface area contributed by atoms with Crippen molar-refractivity contribution in [1.82, 2.24) is 14.8 Å². The van der Waals surface area contributed by atoms with Gasteiger partial charge in [0.1, 0.15) is 5.75 Å². The molecule has 6 heteroatoms. The highest BCUT2D eigenvalue weighted by Gasteiger charge is 2.17. The Balaban J connectivity index is 2.04. The van der Waals surface area contributed by atoms with Crippen molar-refractivity contribution >= 4 is 29.2 Å². The van der Waals surface area contributed by atoms with Crippen molar-refractivity contribution in [3.63, 3.8) is 0 Å². The van der Waals surface area contributed by atoms with E-state index in [1.807, 2.05) is 30.3 Å². The highest BCUT2D eigenvalue weighted by Crippen LogP contribution is 2.23. The van der Waals surface area contributed by atoms with Crippen molar-refractivity contribution in [3.8, 4) is 5.75 Å². The number of nitrogens with zero attached hydrogens (tertiary/aromatic N) is 3. The predicted molar refractivity (Wildman–Crippen MR) is 92.1 cm³/mol. The first kappa shape index (κ1) is 15.7. The van der Waals surface area contributed by atoms with Crippen LogP contribution in [0.2, 0.25) is 0 Å². The summed E-state index contributed by atoms with van der Waals surface area (Å²) in [7, 11) is 3.37. The average Bonchev–Trinajstić information content (AvgIpc) is 2.87. The Morgan fingerprint density at radius 1 is 1.25 bits per heavy atom. The third-order valence-corrected chi connectivity index (χ3v) is 3.78. The van der Waals surface area contributed by atoms with Gasteiger partial charge < -0.3 is 9.84 Å². The molecule has 0 unspecified atom stereocenters. The molecule has 0 atom stereocenters. The van der Waals surface area contributed by atoms with Gasteiger partial charge in [0.05, 0.1) is 29.4 Å². The van der Waals surface area contributed by atoms with Gasteiger partial charge in [-0.3, -0.25) is 4.68 Å². The van der Waals surface area contributed by atoms with Crippen LogP contribution >= 0.6 is 0 Å². The number of benzene rings is 1. The lowest BCUT2D eigenvalue weighted by molar-refractivity contribution is 0.0699. The summed E-state index contributed by atoms with van der Waals surface area (Å²) in [6.07, 6.45) is 3.67. The van der Waals surface area contributed by atoms with Gasteiger partial charge in [-0.05, 0) is 36.8 Å². The molecule has 3 aromatic rings. The third kappa shape index (κ3) is 2.86. The summed E-state index contributed by atoms with van der Waals surface area (Å²) >= 11 is 0.